The lowest BCUT2D eigenvalue weighted by molar-refractivity contribution is 0.0936. The molecule has 0 saturated heterocycles. The second kappa shape index (κ2) is 7.65. The average molecular weight is 335 g/mol. The van der Waals surface area contributed by atoms with Crippen LogP contribution in [0, 0.1) is 0 Å². The minimum absolute atomic E-state index is 0.0272. The van der Waals surface area contributed by atoms with E-state index < -0.39 is 0 Å². The zero-order chi connectivity index (χ0) is 16.9. The van der Waals surface area contributed by atoms with E-state index in [9.17, 15) is 9.59 Å². The first-order valence-electron chi connectivity index (χ1n) is 8.56. The lowest BCUT2D eigenvalue weighted by atomic mass is 10.1. The molecule has 1 atom stereocenters. The first-order valence-corrected chi connectivity index (χ1v) is 8.56. The molecule has 2 heterocycles. The Kier molecular flexibility index (Phi) is 5.34. The van der Waals surface area contributed by atoms with E-state index in [1.54, 1.807) is 18.0 Å². The molecule has 2 aliphatic rings. The molecule has 1 aliphatic carbocycles. The highest BCUT2D eigenvalue weighted by atomic mass is 16.5. The van der Waals surface area contributed by atoms with Crippen LogP contribution in [-0.2, 0) is 17.7 Å². The van der Waals surface area contributed by atoms with E-state index in [0.29, 0.717) is 37.7 Å². The first-order chi connectivity index (χ1) is 11.7. The van der Waals surface area contributed by atoms with E-state index in [4.69, 9.17) is 4.74 Å². The highest BCUT2D eigenvalue weighted by Crippen LogP contribution is 2.20. The molecule has 24 heavy (non-hydrogen) atoms. The lowest BCUT2D eigenvalue weighted by Gasteiger charge is -2.16. The Morgan fingerprint density at radius 2 is 2.04 bits per heavy atom. The molecule has 0 radical (unpaired) electrons. The Balaban J connectivity index is 1.51. The van der Waals surface area contributed by atoms with Crippen LogP contribution in [0.1, 0.15) is 41.7 Å². The maximum atomic E-state index is 12.2. The molecule has 0 bridgehead atoms. The van der Waals surface area contributed by atoms with E-state index >= 15 is 0 Å². The van der Waals surface area contributed by atoms with Crippen molar-refractivity contribution in [3.63, 3.8) is 0 Å². The van der Waals surface area contributed by atoms with Gasteiger partial charge in [-0.3, -0.25) is 9.48 Å². The van der Waals surface area contributed by atoms with Gasteiger partial charge in [0.05, 0.1) is 36.6 Å². The largest absolute Gasteiger partial charge is 0.383 e. The first kappa shape index (κ1) is 16.8. The molecule has 1 fully saturated rings. The zero-order valence-corrected chi connectivity index (χ0v) is 14.0. The molecule has 132 valence electrons. The van der Waals surface area contributed by atoms with Crippen molar-refractivity contribution in [3.05, 3.63) is 17.5 Å². The van der Waals surface area contributed by atoms with Crippen molar-refractivity contribution in [2.45, 2.75) is 50.7 Å². The van der Waals surface area contributed by atoms with Gasteiger partial charge in [0.15, 0.2) is 0 Å². The van der Waals surface area contributed by atoms with Crippen LogP contribution in [0.15, 0.2) is 6.20 Å². The maximum absolute atomic E-state index is 12.2. The number of methoxy groups -OCH3 is 1. The monoisotopic (exact) mass is 335 g/mol. The van der Waals surface area contributed by atoms with Crippen molar-refractivity contribution in [3.8, 4) is 0 Å². The summed E-state index contributed by atoms with van der Waals surface area (Å²) in [7, 11) is 1.59. The van der Waals surface area contributed by atoms with Crippen LogP contribution in [0.25, 0.3) is 0 Å². The number of hydrogen-bond donors (Lipinski definition) is 3. The standard InChI is InChI=1S/C16H25N5O3/c1-24-7-6-17-15(22)13-9-18-21-10-12(8-14(13)21)20-16(23)19-11-4-2-3-5-11/h9,11-12H,2-8,10H2,1H3,(H,17,22)(H2,19,20,23)/t12-/m0/s1. The fraction of sp³-hybridized carbons (Fsp3) is 0.688. The van der Waals surface area contributed by atoms with Gasteiger partial charge in [-0.25, -0.2) is 4.79 Å². The van der Waals surface area contributed by atoms with Crippen molar-refractivity contribution in [2.75, 3.05) is 20.3 Å². The summed E-state index contributed by atoms with van der Waals surface area (Å²) >= 11 is 0. The average Bonchev–Trinajstić information content (AvgIpc) is 3.24. The van der Waals surface area contributed by atoms with Crippen molar-refractivity contribution < 1.29 is 14.3 Å². The molecule has 1 saturated carbocycles. The summed E-state index contributed by atoms with van der Waals surface area (Å²) in [6, 6.07) is 0.148. The summed E-state index contributed by atoms with van der Waals surface area (Å²) in [5.74, 6) is -0.149. The van der Waals surface area contributed by atoms with Crippen LogP contribution in [0.4, 0.5) is 4.79 Å². The van der Waals surface area contributed by atoms with Gasteiger partial charge in [-0.05, 0) is 12.8 Å². The van der Waals surface area contributed by atoms with Crippen molar-refractivity contribution in [1.82, 2.24) is 25.7 Å². The van der Waals surface area contributed by atoms with Crippen LogP contribution in [0.2, 0.25) is 0 Å². The summed E-state index contributed by atoms with van der Waals surface area (Å²) in [5.41, 5.74) is 1.45. The van der Waals surface area contributed by atoms with Gasteiger partial charge >= 0.3 is 6.03 Å². The summed E-state index contributed by atoms with van der Waals surface area (Å²) in [6.07, 6.45) is 6.70. The predicted molar refractivity (Wildman–Crippen MR) is 87.9 cm³/mol. The third-order valence-electron chi connectivity index (χ3n) is 4.64. The highest BCUT2D eigenvalue weighted by Gasteiger charge is 2.29. The molecular formula is C16H25N5O3. The SMILES string of the molecule is COCCNC(=O)c1cnn2c1C[C@H](NC(=O)NC1CCCC1)C2. The highest BCUT2D eigenvalue weighted by molar-refractivity contribution is 5.95. The van der Waals surface area contributed by atoms with Gasteiger partial charge in [0.25, 0.3) is 5.91 Å². The third kappa shape index (κ3) is 3.87. The summed E-state index contributed by atoms with van der Waals surface area (Å²) < 4.78 is 6.72. The molecule has 0 spiro atoms. The van der Waals surface area contributed by atoms with Crippen LogP contribution in [-0.4, -0.2) is 54.1 Å². The van der Waals surface area contributed by atoms with Crippen LogP contribution in [0.3, 0.4) is 0 Å². The Bertz CT molecular complexity index is 595. The molecule has 3 rings (SSSR count). The number of amides is 3. The van der Waals surface area contributed by atoms with Gasteiger partial charge in [-0.2, -0.15) is 5.10 Å². The second-order valence-corrected chi connectivity index (χ2v) is 6.44. The Morgan fingerprint density at radius 3 is 2.79 bits per heavy atom. The number of rotatable bonds is 6. The van der Waals surface area contributed by atoms with Gasteiger partial charge in [-0.1, -0.05) is 12.8 Å². The summed E-state index contributed by atoms with van der Waals surface area (Å²) in [5, 5.41) is 13.1. The number of aromatic nitrogens is 2. The van der Waals surface area contributed by atoms with Crippen LogP contribution < -0.4 is 16.0 Å². The fourth-order valence-corrected chi connectivity index (χ4v) is 3.42. The van der Waals surface area contributed by atoms with Gasteiger partial charge in [0, 0.05) is 26.1 Å². The predicted octanol–water partition coefficient (Wildman–Crippen LogP) is 0.426. The number of carbonyl (C=O) groups is 2. The van der Waals surface area contributed by atoms with E-state index in [-0.39, 0.29) is 18.0 Å². The zero-order valence-electron chi connectivity index (χ0n) is 14.0. The van der Waals surface area contributed by atoms with E-state index in [0.717, 1.165) is 18.5 Å². The van der Waals surface area contributed by atoms with Crippen molar-refractivity contribution in [1.29, 1.82) is 0 Å². The molecule has 3 amide bonds. The third-order valence-corrected chi connectivity index (χ3v) is 4.64. The number of hydrogen-bond acceptors (Lipinski definition) is 4. The number of nitrogens with zero attached hydrogens (tertiary/aromatic N) is 2. The quantitative estimate of drug-likeness (QED) is 0.657. The second-order valence-electron chi connectivity index (χ2n) is 6.44. The number of ether oxygens (including phenoxy) is 1. The Morgan fingerprint density at radius 1 is 1.29 bits per heavy atom. The molecule has 1 aliphatic heterocycles. The normalized spacial score (nSPS) is 20.0. The van der Waals surface area contributed by atoms with E-state index in [1.807, 2.05) is 0 Å². The number of carbonyl (C=O) groups excluding carboxylic acids is 2. The van der Waals surface area contributed by atoms with Gasteiger partial charge in [0.2, 0.25) is 0 Å². The number of fused-ring (bicyclic) bond motifs is 1. The van der Waals surface area contributed by atoms with Gasteiger partial charge in [0.1, 0.15) is 0 Å². The molecule has 0 unspecified atom stereocenters. The summed E-state index contributed by atoms with van der Waals surface area (Å²) in [6.45, 7) is 1.53. The minimum Gasteiger partial charge on any atom is -0.383 e. The van der Waals surface area contributed by atoms with Crippen LogP contribution >= 0.6 is 0 Å². The molecular weight excluding hydrogens is 310 g/mol. The van der Waals surface area contributed by atoms with Gasteiger partial charge in [-0.15, -0.1) is 0 Å². The van der Waals surface area contributed by atoms with Crippen LogP contribution in [0.5, 0.6) is 0 Å². The fourth-order valence-electron chi connectivity index (χ4n) is 3.42. The molecule has 1 aromatic heterocycles. The van der Waals surface area contributed by atoms with Crippen molar-refractivity contribution in [2.24, 2.45) is 0 Å². The van der Waals surface area contributed by atoms with E-state index in [1.165, 1.54) is 12.8 Å². The molecule has 1 aromatic rings. The number of nitrogens with one attached hydrogen (secondary N) is 3. The van der Waals surface area contributed by atoms with Crippen molar-refractivity contribution >= 4 is 11.9 Å². The summed E-state index contributed by atoms with van der Waals surface area (Å²) in [4.78, 5) is 24.3. The molecule has 8 nitrogen and oxygen atoms in total. The molecule has 8 heteroatoms. The lowest BCUT2D eigenvalue weighted by Crippen LogP contribution is -2.46. The van der Waals surface area contributed by atoms with Gasteiger partial charge < -0.3 is 20.7 Å². The number of urea groups is 1. The Labute approximate surface area is 141 Å². The maximum Gasteiger partial charge on any atom is 0.315 e. The Hall–Kier alpha value is -2.09. The minimum atomic E-state index is -0.149. The molecule has 0 aromatic carbocycles. The smallest absolute Gasteiger partial charge is 0.315 e. The van der Waals surface area contributed by atoms with E-state index in [2.05, 4.69) is 21.0 Å². The molecule has 3 N–H and O–H groups in total. The topological polar surface area (TPSA) is 97.3 Å².